The van der Waals surface area contributed by atoms with E-state index in [1.165, 1.54) is 16.7 Å². The van der Waals surface area contributed by atoms with Crippen molar-refractivity contribution in [2.24, 2.45) is 0 Å². The Hall–Kier alpha value is -1.08. The second-order valence-corrected chi connectivity index (χ2v) is 2.52. The summed E-state index contributed by atoms with van der Waals surface area (Å²) in [5.74, 6) is 0. The predicted octanol–water partition coefficient (Wildman–Crippen LogP) is 1.59. The molecule has 0 bridgehead atoms. The van der Waals surface area contributed by atoms with E-state index in [0.717, 1.165) is 0 Å². The van der Waals surface area contributed by atoms with Gasteiger partial charge in [0.2, 0.25) is 0 Å². The molecule has 0 N–H and O–H groups in total. The Kier molecular flexibility index (Phi) is 29.5. The van der Waals surface area contributed by atoms with Crippen LogP contribution >= 0.6 is 0 Å². The van der Waals surface area contributed by atoms with Gasteiger partial charge in [0.15, 0.2) is 0 Å². The average Bonchev–Trinajstić information content (AvgIpc) is 2.24. The quantitative estimate of drug-likeness (QED) is 0.500. The number of aryl methyl sites for hydroxylation is 3. The molecule has 0 spiro atoms. The Bertz CT molecular complexity index is 209. The maximum atomic E-state index is 7.75. The Morgan fingerprint density at radius 1 is 0.812 bits per heavy atom. The minimum absolute atomic E-state index is 0. The van der Waals surface area contributed by atoms with Gasteiger partial charge in [-0.1, -0.05) is 20.8 Å². The third-order valence-electron chi connectivity index (χ3n) is 1.28. The summed E-state index contributed by atoms with van der Waals surface area (Å²) in [6.07, 6.45) is 0. The zero-order chi connectivity index (χ0) is 12.9. The Labute approximate surface area is 112 Å². The van der Waals surface area contributed by atoms with Crippen molar-refractivity contribution in [3.8, 4) is 0 Å². The van der Waals surface area contributed by atoms with Gasteiger partial charge in [-0.25, -0.2) is 0 Å². The molecule has 0 aliphatic carbocycles. The van der Waals surface area contributed by atoms with Crippen molar-refractivity contribution in [2.75, 3.05) is 0 Å². The fraction of sp³-hybridized carbons (Fsp3) is 0.250. The van der Waals surface area contributed by atoms with E-state index in [0.29, 0.717) is 0 Å². The topological polar surface area (TPSA) is 51.2 Å². The van der Waals surface area contributed by atoms with Crippen LogP contribution in [0.3, 0.4) is 0 Å². The smallest absolute Gasteiger partial charge is 0 e. The van der Waals surface area contributed by atoms with E-state index in [4.69, 9.17) is 14.4 Å². The molecule has 0 saturated heterocycles. The molecule has 0 aliphatic heterocycles. The molecule has 0 amide bonds. The van der Waals surface area contributed by atoms with E-state index in [2.05, 4.69) is 59.3 Å². The van der Waals surface area contributed by atoms with E-state index >= 15 is 0 Å². The van der Waals surface area contributed by atoms with Crippen LogP contribution in [0, 0.1) is 26.8 Å². The summed E-state index contributed by atoms with van der Waals surface area (Å²) in [6, 6.07) is 7.47. The summed E-state index contributed by atoms with van der Waals surface area (Å²) in [7, 11) is 0. The summed E-state index contributed by atoms with van der Waals surface area (Å²) in [4.78, 5) is 23.2. The van der Waals surface area contributed by atoms with Gasteiger partial charge in [0.25, 0.3) is 0 Å². The third kappa shape index (κ3) is 15.4. The SMILES string of the molecule is Cc1[c-]c(C)cc(C)c1.[CH-]=O.[CH-]=O.[CH-]=O.[W]. The summed E-state index contributed by atoms with van der Waals surface area (Å²) in [5, 5.41) is 0. The van der Waals surface area contributed by atoms with Gasteiger partial charge in [-0.3, -0.25) is 20.4 Å². The maximum Gasteiger partial charge on any atom is 0 e. The molecule has 90 valence electrons. The van der Waals surface area contributed by atoms with Crippen molar-refractivity contribution >= 4 is 20.4 Å². The van der Waals surface area contributed by atoms with Gasteiger partial charge >= 0.3 is 0 Å². The molecule has 0 atom stereocenters. The van der Waals surface area contributed by atoms with Gasteiger partial charge in [0.1, 0.15) is 0 Å². The summed E-state index contributed by atoms with van der Waals surface area (Å²) in [6.45, 7) is 16.0. The zero-order valence-corrected chi connectivity index (χ0v) is 12.5. The standard InChI is InChI=1S/C9H11.3CHO.W/c1-7-4-8(2)6-9(3)5-7;3*1-2;/h4-5H,1-3H3;3*1H;/q4*-1;. The molecule has 0 heterocycles. The van der Waals surface area contributed by atoms with Crippen LogP contribution in [0.1, 0.15) is 16.7 Å². The van der Waals surface area contributed by atoms with Gasteiger partial charge in [0, 0.05) is 21.1 Å². The summed E-state index contributed by atoms with van der Waals surface area (Å²) in [5.41, 5.74) is 3.78. The van der Waals surface area contributed by atoms with Crippen LogP contribution in [0.15, 0.2) is 12.1 Å². The fourth-order valence-electron chi connectivity index (χ4n) is 1.11. The van der Waals surface area contributed by atoms with Crippen LogP contribution in [-0.4, -0.2) is 20.4 Å². The Balaban J connectivity index is -0.0000000900. The van der Waals surface area contributed by atoms with Crippen molar-refractivity contribution in [1.29, 1.82) is 0 Å². The van der Waals surface area contributed by atoms with E-state index in [1.54, 1.807) is 0 Å². The predicted molar refractivity (Wildman–Crippen MR) is 59.7 cm³/mol. The van der Waals surface area contributed by atoms with Crippen LogP contribution in [-0.2, 0) is 35.4 Å². The average molecular weight is 390 g/mol. The Morgan fingerprint density at radius 2 is 1.06 bits per heavy atom. The zero-order valence-electron chi connectivity index (χ0n) is 9.52. The molecule has 0 saturated carbocycles. The number of carbonyl (C=O) groups excluding carboxylic acids is 3. The number of rotatable bonds is 0. The first-order valence-corrected chi connectivity index (χ1v) is 3.86. The van der Waals surface area contributed by atoms with Gasteiger partial charge in [-0.15, -0.1) is 0 Å². The van der Waals surface area contributed by atoms with Crippen molar-refractivity contribution in [1.82, 2.24) is 0 Å². The maximum absolute atomic E-state index is 7.75. The van der Waals surface area contributed by atoms with Gasteiger partial charge in [-0.2, -0.15) is 34.9 Å². The van der Waals surface area contributed by atoms with E-state index < -0.39 is 0 Å². The molecule has 0 aromatic heterocycles. The van der Waals surface area contributed by atoms with Gasteiger partial charge in [0.05, 0.1) is 0 Å². The second kappa shape index (κ2) is 19.5. The monoisotopic (exact) mass is 390 g/mol. The first-order chi connectivity index (χ1) is 7.18. The molecule has 1 aromatic carbocycles. The van der Waals surface area contributed by atoms with E-state index in [-0.39, 0.29) is 21.1 Å². The van der Waals surface area contributed by atoms with E-state index in [9.17, 15) is 0 Å². The largest absolute Gasteiger partial charge is 0.545 e. The van der Waals surface area contributed by atoms with Crippen LogP contribution in [0.25, 0.3) is 0 Å². The molecule has 0 radical (unpaired) electrons. The molecule has 4 heteroatoms. The first kappa shape index (κ1) is 24.2. The Morgan fingerprint density at radius 3 is 1.25 bits per heavy atom. The van der Waals surface area contributed by atoms with Crippen molar-refractivity contribution < 1.29 is 35.4 Å². The van der Waals surface area contributed by atoms with Crippen LogP contribution in [0.2, 0.25) is 0 Å². The number of benzene rings is 1. The van der Waals surface area contributed by atoms with E-state index in [1.807, 2.05) is 0 Å². The first-order valence-electron chi connectivity index (χ1n) is 3.86. The van der Waals surface area contributed by atoms with Crippen molar-refractivity contribution in [2.45, 2.75) is 20.8 Å². The molecule has 3 nitrogen and oxygen atoms in total. The van der Waals surface area contributed by atoms with Gasteiger partial charge in [-0.05, 0) is 0 Å². The van der Waals surface area contributed by atoms with Crippen molar-refractivity contribution in [3.05, 3.63) is 34.9 Å². The molecule has 16 heavy (non-hydrogen) atoms. The van der Waals surface area contributed by atoms with Crippen LogP contribution < -0.4 is 0 Å². The summed E-state index contributed by atoms with van der Waals surface area (Å²) >= 11 is 0. The van der Waals surface area contributed by atoms with Crippen molar-refractivity contribution in [3.63, 3.8) is 0 Å². The van der Waals surface area contributed by atoms with Crippen LogP contribution in [0.5, 0.6) is 0 Å². The third-order valence-corrected chi connectivity index (χ3v) is 1.28. The minimum atomic E-state index is 0. The molecular weight excluding hydrogens is 376 g/mol. The van der Waals surface area contributed by atoms with Crippen LogP contribution in [0.4, 0.5) is 0 Å². The molecule has 0 aliphatic rings. The number of hydrogen-bond donors (Lipinski definition) is 0. The summed E-state index contributed by atoms with van der Waals surface area (Å²) < 4.78 is 0. The second-order valence-electron chi connectivity index (χ2n) is 2.52. The fourth-order valence-corrected chi connectivity index (χ4v) is 1.11. The normalized spacial score (nSPS) is 6.19. The molecule has 0 unspecified atom stereocenters. The molecule has 1 rings (SSSR count). The number of hydrogen-bond acceptors (Lipinski definition) is 3. The minimum Gasteiger partial charge on any atom is -0.545 e. The molecular formula is C12H14O3W-4. The molecule has 1 aromatic rings. The van der Waals surface area contributed by atoms with Gasteiger partial charge < -0.3 is 14.4 Å². The molecule has 0 fully saturated rings.